The summed E-state index contributed by atoms with van der Waals surface area (Å²) >= 11 is 0. The van der Waals surface area contributed by atoms with Crippen molar-refractivity contribution in [2.45, 2.75) is 38.3 Å². The highest BCUT2D eigenvalue weighted by atomic mass is 16.5. The number of methoxy groups -OCH3 is 1. The van der Waals surface area contributed by atoms with E-state index in [2.05, 4.69) is 17.0 Å². The average molecular weight is 157 g/mol. The fourth-order valence-electron chi connectivity index (χ4n) is 1.47. The number of piperidine rings is 1. The molecule has 1 saturated heterocycles. The van der Waals surface area contributed by atoms with Gasteiger partial charge in [0.2, 0.25) is 0 Å². The molecule has 0 aliphatic carbocycles. The van der Waals surface area contributed by atoms with Crippen molar-refractivity contribution in [3.63, 3.8) is 0 Å². The van der Waals surface area contributed by atoms with E-state index in [1.807, 2.05) is 0 Å². The zero-order valence-electron chi connectivity index (χ0n) is 7.09. The molecule has 1 N–H and O–H groups in total. The normalized spacial score (nSPS) is 31.5. The number of carbonyl (C=O) groups excluding carboxylic acids is 1. The topological polar surface area (TPSA) is 38.3 Å². The fourth-order valence-corrected chi connectivity index (χ4v) is 1.47. The van der Waals surface area contributed by atoms with Crippen LogP contribution < -0.4 is 5.32 Å². The molecule has 1 aliphatic rings. The molecule has 0 spiro atoms. The lowest BCUT2D eigenvalue weighted by atomic mass is 10.00. The van der Waals surface area contributed by atoms with Gasteiger partial charge in [-0.15, -0.1) is 0 Å². The first-order valence-electron chi connectivity index (χ1n) is 4.08. The fraction of sp³-hybridized carbons (Fsp3) is 0.875. The monoisotopic (exact) mass is 157 g/mol. The largest absolute Gasteiger partial charge is 0.468 e. The number of hydrogen-bond donors (Lipinski definition) is 1. The van der Waals surface area contributed by atoms with Crippen LogP contribution in [0.2, 0.25) is 0 Å². The van der Waals surface area contributed by atoms with Gasteiger partial charge < -0.3 is 10.1 Å². The quantitative estimate of drug-likeness (QED) is 0.569. The van der Waals surface area contributed by atoms with E-state index in [9.17, 15) is 4.79 Å². The van der Waals surface area contributed by atoms with E-state index in [1.54, 1.807) is 0 Å². The molecule has 0 amide bonds. The number of nitrogens with one attached hydrogen (secondary N) is 1. The van der Waals surface area contributed by atoms with Crippen molar-refractivity contribution in [2.75, 3.05) is 7.11 Å². The molecule has 0 aromatic rings. The summed E-state index contributed by atoms with van der Waals surface area (Å²) in [4.78, 5) is 11.0. The number of hydrogen-bond acceptors (Lipinski definition) is 3. The Hall–Kier alpha value is -0.570. The first kappa shape index (κ1) is 8.53. The molecule has 1 fully saturated rings. The lowest BCUT2D eigenvalue weighted by molar-refractivity contribution is -0.144. The Morgan fingerprint density at radius 3 is 2.82 bits per heavy atom. The van der Waals surface area contributed by atoms with Crippen LogP contribution in [0.25, 0.3) is 0 Å². The van der Waals surface area contributed by atoms with E-state index in [1.165, 1.54) is 7.11 Å². The molecule has 1 aliphatic heterocycles. The minimum atomic E-state index is -0.128. The van der Waals surface area contributed by atoms with Gasteiger partial charge in [0.05, 0.1) is 7.11 Å². The van der Waals surface area contributed by atoms with Gasteiger partial charge in [0.15, 0.2) is 0 Å². The first-order valence-corrected chi connectivity index (χ1v) is 4.08. The molecule has 0 aromatic carbocycles. The van der Waals surface area contributed by atoms with Crippen molar-refractivity contribution < 1.29 is 9.53 Å². The van der Waals surface area contributed by atoms with Gasteiger partial charge in [-0.2, -0.15) is 0 Å². The van der Waals surface area contributed by atoms with Crippen LogP contribution in [0.4, 0.5) is 0 Å². The summed E-state index contributed by atoms with van der Waals surface area (Å²) in [6.07, 6.45) is 3.19. The predicted molar refractivity (Wildman–Crippen MR) is 42.3 cm³/mol. The zero-order valence-corrected chi connectivity index (χ0v) is 7.09. The van der Waals surface area contributed by atoms with Crippen LogP contribution in [-0.2, 0) is 9.53 Å². The Morgan fingerprint density at radius 2 is 2.27 bits per heavy atom. The summed E-state index contributed by atoms with van der Waals surface area (Å²) in [5, 5.41) is 3.19. The van der Waals surface area contributed by atoms with Crippen molar-refractivity contribution in [3.05, 3.63) is 0 Å². The number of rotatable bonds is 1. The molecule has 0 bridgehead atoms. The first-order chi connectivity index (χ1) is 5.24. The van der Waals surface area contributed by atoms with Crippen LogP contribution in [0.1, 0.15) is 26.2 Å². The summed E-state index contributed by atoms with van der Waals surface area (Å²) in [5.41, 5.74) is 0. The minimum absolute atomic E-state index is 0.0660. The van der Waals surface area contributed by atoms with E-state index in [4.69, 9.17) is 0 Å². The van der Waals surface area contributed by atoms with E-state index >= 15 is 0 Å². The van der Waals surface area contributed by atoms with Gasteiger partial charge in [-0.3, -0.25) is 4.79 Å². The standard InChI is InChI=1S/C8H15NO2/c1-6-4-3-5-7(9-6)8(10)11-2/h6-7,9H,3-5H2,1-2H3/t6-,7+/m1/s1. The van der Waals surface area contributed by atoms with Crippen LogP contribution in [0.3, 0.4) is 0 Å². The van der Waals surface area contributed by atoms with Crippen LogP contribution in [0.15, 0.2) is 0 Å². The van der Waals surface area contributed by atoms with Gasteiger partial charge in [-0.05, 0) is 26.2 Å². The van der Waals surface area contributed by atoms with Crippen LogP contribution in [-0.4, -0.2) is 25.2 Å². The third-order valence-corrected chi connectivity index (χ3v) is 2.10. The second-order valence-electron chi connectivity index (χ2n) is 3.07. The summed E-state index contributed by atoms with van der Waals surface area (Å²) in [6.45, 7) is 2.09. The molecule has 3 nitrogen and oxygen atoms in total. The molecule has 3 heteroatoms. The van der Waals surface area contributed by atoms with E-state index < -0.39 is 0 Å². The third-order valence-electron chi connectivity index (χ3n) is 2.10. The maximum Gasteiger partial charge on any atom is 0.322 e. The molecule has 1 heterocycles. The zero-order chi connectivity index (χ0) is 8.27. The van der Waals surface area contributed by atoms with Crippen molar-refractivity contribution >= 4 is 5.97 Å². The molecular formula is C8H15NO2. The molecule has 0 saturated carbocycles. The maximum absolute atomic E-state index is 11.0. The van der Waals surface area contributed by atoms with Gasteiger partial charge in [0, 0.05) is 6.04 Å². The second kappa shape index (κ2) is 3.72. The van der Waals surface area contributed by atoms with E-state index in [0.29, 0.717) is 6.04 Å². The van der Waals surface area contributed by atoms with E-state index in [-0.39, 0.29) is 12.0 Å². The van der Waals surface area contributed by atoms with Crippen molar-refractivity contribution in [2.24, 2.45) is 0 Å². The SMILES string of the molecule is COC(=O)[C@@H]1CCC[C@@H](C)N1. The molecule has 2 atom stereocenters. The molecule has 0 radical (unpaired) electrons. The summed E-state index contributed by atoms with van der Waals surface area (Å²) < 4.78 is 4.64. The van der Waals surface area contributed by atoms with Gasteiger partial charge in [0.25, 0.3) is 0 Å². The van der Waals surface area contributed by atoms with Crippen molar-refractivity contribution in [3.8, 4) is 0 Å². The smallest absolute Gasteiger partial charge is 0.322 e. The highest BCUT2D eigenvalue weighted by molar-refractivity contribution is 5.75. The second-order valence-corrected chi connectivity index (χ2v) is 3.07. The Bertz CT molecular complexity index is 147. The molecule has 1 rings (SSSR count). The lowest BCUT2D eigenvalue weighted by Crippen LogP contribution is -2.45. The maximum atomic E-state index is 11.0. The summed E-state index contributed by atoms with van der Waals surface area (Å²) in [6, 6.07) is 0.386. The highest BCUT2D eigenvalue weighted by Crippen LogP contribution is 2.12. The number of esters is 1. The minimum Gasteiger partial charge on any atom is -0.468 e. The van der Waals surface area contributed by atoms with E-state index in [0.717, 1.165) is 19.3 Å². The molecular weight excluding hydrogens is 142 g/mol. The average Bonchev–Trinajstić information content (AvgIpc) is 2.03. The third kappa shape index (κ3) is 2.19. The van der Waals surface area contributed by atoms with Gasteiger partial charge >= 0.3 is 5.97 Å². The van der Waals surface area contributed by atoms with Gasteiger partial charge in [-0.1, -0.05) is 0 Å². The Balaban J connectivity index is 2.39. The Morgan fingerprint density at radius 1 is 1.55 bits per heavy atom. The van der Waals surface area contributed by atoms with Crippen LogP contribution >= 0.6 is 0 Å². The molecule has 0 aromatic heterocycles. The van der Waals surface area contributed by atoms with Gasteiger partial charge in [-0.25, -0.2) is 0 Å². The Labute approximate surface area is 67.1 Å². The van der Waals surface area contributed by atoms with Crippen LogP contribution in [0, 0.1) is 0 Å². The van der Waals surface area contributed by atoms with Crippen molar-refractivity contribution in [1.29, 1.82) is 0 Å². The summed E-state index contributed by atoms with van der Waals surface area (Å²) in [5.74, 6) is -0.128. The molecule has 0 unspecified atom stereocenters. The number of ether oxygens (including phenoxy) is 1. The van der Waals surface area contributed by atoms with Crippen molar-refractivity contribution in [1.82, 2.24) is 5.32 Å². The van der Waals surface area contributed by atoms with Gasteiger partial charge in [0.1, 0.15) is 6.04 Å². The van der Waals surface area contributed by atoms with Crippen LogP contribution in [0.5, 0.6) is 0 Å². The Kier molecular flexibility index (Phi) is 2.88. The highest BCUT2D eigenvalue weighted by Gasteiger charge is 2.24. The number of carbonyl (C=O) groups is 1. The molecule has 64 valence electrons. The lowest BCUT2D eigenvalue weighted by Gasteiger charge is -2.26. The molecule has 11 heavy (non-hydrogen) atoms. The summed E-state index contributed by atoms with van der Waals surface area (Å²) in [7, 11) is 1.43. The predicted octanol–water partition coefficient (Wildman–Crippen LogP) is 0.690.